The van der Waals surface area contributed by atoms with Gasteiger partial charge in [0.05, 0.1) is 12.8 Å². The summed E-state index contributed by atoms with van der Waals surface area (Å²) >= 11 is 0. The van der Waals surface area contributed by atoms with Gasteiger partial charge in [-0.25, -0.2) is 0 Å². The minimum atomic E-state index is -0.0200. The fraction of sp³-hybridized carbons (Fsp3) is 0.267. The molecule has 0 fully saturated rings. The average Bonchev–Trinajstić information content (AvgIpc) is 2.89. The monoisotopic (exact) mass is 258 g/mol. The summed E-state index contributed by atoms with van der Waals surface area (Å²) in [6, 6.07) is 9.34. The van der Waals surface area contributed by atoms with Crippen LogP contribution < -0.4 is 10.6 Å². The molecule has 0 unspecified atom stereocenters. The molecule has 0 saturated heterocycles. The maximum atomic E-state index is 11.5. The molecule has 2 rings (SSSR count). The first-order valence-electron chi connectivity index (χ1n) is 6.29. The minimum Gasteiger partial charge on any atom is -0.467 e. The first-order valence-corrected chi connectivity index (χ1v) is 6.29. The molecule has 2 N–H and O–H groups in total. The van der Waals surface area contributed by atoms with E-state index in [-0.39, 0.29) is 5.78 Å². The van der Waals surface area contributed by atoms with Crippen LogP contribution in [-0.2, 0) is 6.54 Å². The van der Waals surface area contributed by atoms with Gasteiger partial charge in [-0.2, -0.15) is 0 Å². The molecular formula is C15H18N2O2. The first kappa shape index (κ1) is 13.2. The molecule has 0 radical (unpaired) electrons. The number of anilines is 2. The summed E-state index contributed by atoms with van der Waals surface area (Å²) in [5.74, 6) is 0.872. The molecule has 0 aliphatic rings. The molecule has 0 amide bonds. The van der Waals surface area contributed by atoms with Crippen LogP contribution in [0.5, 0.6) is 0 Å². The van der Waals surface area contributed by atoms with E-state index in [0.717, 1.165) is 18.0 Å². The van der Waals surface area contributed by atoms with Crippen molar-refractivity contribution in [3.8, 4) is 0 Å². The van der Waals surface area contributed by atoms with Gasteiger partial charge < -0.3 is 15.1 Å². The molecule has 2 aromatic rings. The second kappa shape index (κ2) is 5.61. The predicted octanol–water partition coefficient (Wildman–Crippen LogP) is 3.09. The number of hydrogen-bond donors (Lipinski definition) is 1. The van der Waals surface area contributed by atoms with E-state index in [9.17, 15) is 4.79 Å². The van der Waals surface area contributed by atoms with Crippen molar-refractivity contribution in [2.75, 3.05) is 17.2 Å². The molecule has 1 heterocycles. The van der Waals surface area contributed by atoms with Crippen LogP contribution in [0.3, 0.4) is 0 Å². The average molecular weight is 258 g/mol. The Morgan fingerprint density at radius 2 is 2.16 bits per heavy atom. The first-order chi connectivity index (χ1) is 9.11. The van der Waals surface area contributed by atoms with E-state index in [0.29, 0.717) is 17.8 Å². The third kappa shape index (κ3) is 2.96. The van der Waals surface area contributed by atoms with Gasteiger partial charge in [-0.15, -0.1) is 0 Å². The Kier molecular flexibility index (Phi) is 3.90. The quantitative estimate of drug-likeness (QED) is 0.661. The van der Waals surface area contributed by atoms with Gasteiger partial charge in [-0.05, 0) is 44.2 Å². The number of nitrogens with zero attached hydrogens (tertiary/aromatic N) is 1. The molecule has 0 aliphatic heterocycles. The Balaban J connectivity index is 2.28. The molecule has 1 aromatic carbocycles. The van der Waals surface area contributed by atoms with Crippen LogP contribution in [0, 0.1) is 0 Å². The SMILES string of the molecule is CCN(Cc1ccco1)c1ccc(N)c(C(C)=O)c1. The summed E-state index contributed by atoms with van der Waals surface area (Å²) in [6.45, 7) is 5.08. The van der Waals surface area contributed by atoms with Crippen molar-refractivity contribution in [2.45, 2.75) is 20.4 Å². The van der Waals surface area contributed by atoms with Gasteiger partial charge >= 0.3 is 0 Å². The van der Waals surface area contributed by atoms with Gasteiger partial charge in [0.15, 0.2) is 5.78 Å². The number of carbonyl (C=O) groups is 1. The van der Waals surface area contributed by atoms with Crippen molar-refractivity contribution < 1.29 is 9.21 Å². The molecule has 0 bridgehead atoms. The number of carbonyl (C=O) groups excluding carboxylic acids is 1. The van der Waals surface area contributed by atoms with E-state index in [4.69, 9.17) is 10.2 Å². The number of Topliss-reactive ketones (excluding diaryl/α,β-unsaturated/α-hetero) is 1. The molecule has 0 spiro atoms. The number of nitrogen functional groups attached to an aromatic ring is 1. The number of ketones is 1. The Morgan fingerprint density at radius 3 is 2.74 bits per heavy atom. The van der Waals surface area contributed by atoms with Crippen LogP contribution in [0.4, 0.5) is 11.4 Å². The van der Waals surface area contributed by atoms with Gasteiger partial charge in [-0.1, -0.05) is 0 Å². The molecular weight excluding hydrogens is 240 g/mol. The highest BCUT2D eigenvalue weighted by molar-refractivity contribution is 6.00. The second-order valence-corrected chi connectivity index (χ2v) is 4.42. The Hall–Kier alpha value is -2.23. The molecule has 0 aliphatic carbocycles. The highest BCUT2D eigenvalue weighted by Gasteiger charge is 2.11. The van der Waals surface area contributed by atoms with Crippen molar-refractivity contribution >= 4 is 17.2 Å². The van der Waals surface area contributed by atoms with Crippen LogP contribution in [0.25, 0.3) is 0 Å². The van der Waals surface area contributed by atoms with Crippen molar-refractivity contribution in [2.24, 2.45) is 0 Å². The minimum absolute atomic E-state index is 0.0200. The summed E-state index contributed by atoms with van der Waals surface area (Å²) in [5, 5.41) is 0. The highest BCUT2D eigenvalue weighted by Crippen LogP contribution is 2.23. The van der Waals surface area contributed by atoms with Gasteiger partial charge in [0.25, 0.3) is 0 Å². The standard InChI is InChI=1S/C15H18N2O2/c1-3-17(10-13-5-4-8-19-13)12-6-7-15(16)14(9-12)11(2)18/h4-9H,3,10,16H2,1-2H3. The topological polar surface area (TPSA) is 59.5 Å². The number of nitrogens with two attached hydrogens (primary N) is 1. The maximum absolute atomic E-state index is 11.5. The van der Waals surface area contributed by atoms with E-state index in [2.05, 4.69) is 11.8 Å². The fourth-order valence-electron chi connectivity index (χ4n) is 2.02. The van der Waals surface area contributed by atoms with Crippen LogP contribution in [0.1, 0.15) is 30.0 Å². The van der Waals surface area contributed by atoms with Crippen molar-refractivity contribution in [3.63, 3.8) is 0 Å². The predicted molar refractivity (Wildman–Crippen MR) is 76.3 cm³/mol. The van der Waals surface area contributed by atoms with Crippen LogP contribution in [-0.4, -0.2) is 12.3 Å². The molecule has 0 atom stereocenters. The third-order valence-corrected chi connectivity index (χ3v) is 3.09. The Morgan fingerprint density at radius 1 is 1.37 bits per heavy atom. The molecule has 1 aromatic heterocycles. The van der Waals surface area contributed by atoms with E-state index in [1.54, 1.807) is 12.3 Å². The van der Waals surface area contributed by atoms with E-state index >= 15 is 0 Å². The molecule has 4 nitrogen and oxygen atoms in total. The number of benzene rings is 1. The summed E-state index contributed by atoms with van der Waals surface area (Å²) in [6.07, 6.45) is 1.66. The van der Waals surface area contributed by atoms with Gasteiger partial charge in [0.2, 0.25) is 0 Å². The zero-order valence-corrected chi connectivity index (χ0v) is 11.2. The smallest absolute Gasteiger partial charge is 0.161 e. The van der Waals surface area contributed by atoms with Gasteiger partial charge in [0, 0.05) is 23.5 Å². The Bertz CT molecular complexity index is 562. The molecule has 19 heavy (non-hydrogen) atoms. The lowest BCUT2D eigenvalue weighted by molar-refractivity contribution is 0.101. The maximum Gasteiger partial charge on any atom is 0.161 e. The zero-order chi connectivity index (χ0) is 13.8. The van der Waals surface area contributed by atoms with E-state index in [1.165, 1.54) is 6.92 Å². The zero-order valence-electron chi connectivity index (χ0n) is 11.2. The second-order valence-electron chi connectivity index (χ2n) is 4.42. The van der Waals surface area contributed by atoms with Crippen LogP contribution in [0.15, 0.2) is 41.0 Å². The van der Waals surface area contributed by atoms with Crippen molar-refractivity contribution in [1.29, 1.82) is 0 Å². The van der Waals surface area contributed by atoms with Crippen molar-refractivity contribution in [1.82, 2.24) is 0 Å². The summed E-state index contributed by atoms with van der Waals surface area (Å²) in [5.41, 5.74) is 7.86. The number of furan rings is 1. The largest absolute Gasteiger partial charge is 0.467 e. The Labute approximate surface area is 112 Å². The lowest BCUT2D eigenvalue weighted by atomic mass is 10.1. The van der Waals surface area contributed by atoms with Crippen molar-refractivity contribution in [3.05, 3.63) is 47.9 Å². The number of hydrogen-bond acceptors (Lipinski definition) is 4. The van der Waals surface area contributed by atoms with E-state index < -0.39 is 0 Å². The molecule has 100 valence electrons. The molecule has 4 heteroatoms. The molecule has 0 saturated carbocycles. The van der Waals surface area contributed by atoms with E-state index in [1.807, 2.05) is 24.3 Å². The lowest BCUT2D eigenvalue weighted by Gasteiger charge is -2.22. The summed E-state index contributed by atoms with van der Waals surface area (Å²) < 4.78 is 5.36. The third-order valence-electron chi connectivity index (χ3n) is 3.09. The highest BCUT2D eigenvalue weighted by atomic mass is 16.3. The normalized spacial score (nSPS) is 10.4. The summed E-state index contributed by atoms with van der Waals surface area (Å²) in [7, 11) is 0. The van der Waals surface area contributed by atoms with Gasteiger partial charge in [0.1, 0.15) is 5.76 Å². The van der Waals surface area contributed by atoms with Crippen LogP contribution >= 0.6 is 0 Å². The lowest BCUT2D eigenvalue weighted by Crippen LogP contribution is -2.22. The summed E-state index contributed by atoms with van der Waals surface area (Å²) in [4.78, 5) is 13.7. The van der Waals surface area contributed by atoms with Gasteiger partial charge in [-0.3, -0.25) is 4.79 Å². The number of rotatable bonds is 5. The fourth-order valence-corrected chi connectivity index (χ4v) is 2.02. The van der Waals surface area contributed by atoms with Crippen LogP contribution in [0.2, 0.25) is 0 Å².